The van der Waals surface area contributed by atoms with Gasteiger partial charge in [-0.2, -0.15) is 0 Å². The number of ether oxygens (including phenoxy) is 1. The second kappa shape index (κ2) is 6.40. The summed E-state index contributed by atoms with van der Waals surface area (Å²) in [5, 5.41) is 3.90. The third kappa shape index (κ3) is 5.62. The molecule has 106 valence electrons. The summed E-state index contributed by atoms with van der Waals surface area (Å²) in [7, 11) is 0. The maximum Gasteiger partial charge on any atom is 0.323 e. The summed E-state index contributed by atoms with van der Waals surface area (Å²) in [6.07, 6.45) is 0. The van der Waals surface area contributed by atoms with E-state index >= 15 is 0 Å². The Labute approximate surface area is 120 Å². The highest BCUT2D eigenvalue weighted by atomic mass is 35.5. The first-order valence-electron chi connectivity index (χ1n) is 6.43. The first-order valence-corrected chi connectivity index (χ1v) is 6.81. The van der Waals surface area contributed by atoms with Gasteiger partial charge in [0, 0.05) is 11.1 Å². The Hall–Kier alpha value is -1.06. The summed E-state index contributed by atoms with van der Waals surface area (Å²) in [6, 6.07) is 7.25. The molecule has 0 aliphatic heterocycles. The van der Waals surface area contributed by atoms with Crippen LogP contribution in [0.25, 0.3) is 0 Å². The van der Waals surface area contributed by atoms with E-state index in [-0.39, 0.29) is 18.1 Å². The van der Waals surface area contributed by atoms with Crippen LogP contribution in [0, 0.1) is 0 Å². The van der Waals surface area contributed by atoms with Gasteiger partial charge in [-0.25, -0.2) is 0 Å². The van der Waals surface area contributed by atoms with E-state index in [9.17, 15) is 4.79 Å². The van der Waals surface area contributed by atoms with Crippen LogP contribution in [0.3, 0.4) is 0 Å². The highest BCUT2D eigenvalue weighted by molar-refractivity contribution is 6.30. The van der Waals surface area contributed by atoms with Crippen molar-refractivity contribution in [1.29, 1.82) is 0 Å². The summed E-state index contributed by atoms with van der Waals surface area (Å²) in [5.41, 5.74) is 0.578. The molecule has 0 spiro atoms. The molecule has 0 aliphatic carbocycles. The van der Waals surface area contributed by atoms with Crippen LogP contribution in [0.2, 0.25) is 5.02 Å². The van der Waals surface area contributed by atoms with Gasteiger partial charge >= 0.3 is 5.97 Å². The van der Waals surface area contributed by atoms with E-state index in [0.29, 0.717) is 5.02 Å². The molecule has 0 radical (unpaired) electrons. The smallest absolute Gasteiger partial charge is 0.323 e. The van der Waals surface area contributed by atoms with Crippen molar-refractivity contribution in [2.75, 3.05) is 0 Å². The van der Waals surface area contributed by atoms with Crippen LogP contribution in [0.4, 0.5) is 0 Å². The van der Waals surface area contributed by atoms with Crippen LogP contribution in [-0.4, -0.2) is 17.6 Å². The van der Waals surface area contributed by atoms with Crippen LogP contribution in [0.15, 0.2) is 24.3 Å². The lowest BCUT2D eigenvalue weighted by Gasteiger charge is -2.24. The molecular weight excluding hydrogens is 262 g/mol. The zero-order valence-corrected chi connectivity index (χ0v) is 12.9. The molecule has 1 rings (SSSR count). The van der Waals surface area contributed by atoms with Crippen LogP contribution in [0.1, 0.15) is 46.2 Å². The number of carbonyl (C=O) groups excluding carboxylic acids is 1. The Balaban J connectivity index is 2.61. The Kier molecular flexibility index (Phi) is 5.39. The SMILES string of the molecule is CC(N[C@H](C)c1cccc(Cl)c1)C(=O)OC(C)(C)C. The lowest BCUT2D eigenvalue weighted by Crippen LogP contribution is -2.40. The van der Waals surface area contributed by atoms with E-state index in [1.807, 2.05) is 52.0 Å². The molecule has 0 bridgehead atoms. The van der Waals surface area contributed by atoms with E-state index in [0.717, 1.165) is 5.56 Å². The third-order valence-electron chi connectivity index (χ3n) is 2.61. The minimum absolute atomic E-state index is 0.0289. The highest BCUT2D eigenvalue weighted by Crippen LogP contribution is 2.18. The number of esters is 1. The fraction of sp³-hybridized carbons (Fsp3) is 0.533. The van der Waals surface area contributed by atoms with Gasteiger partial charge < -0.3 is 4.74 Å². The van der Waals surface area contributed by atoms with Crippen molar-refractivity contribution >= 4 is 17.6 Å². The fourth-order valence-corrected chi connectivity index (χ4v) is 1.90. The third-order valence-corrected chi connectivity index (χ3v) is 2.84. The topological polar surface area (TPSA) is 38.3 Å². The largest absolute Gasteiger partial charge is 0.459 e. The number of nitrogens with one attached hydrogen (secondary N) is 1. The maximum atomic E-state index is 11.9. The molecule has 0 saturated carbocycles. The summed E-state index contributed by atoms with van der Waals surface area (Å²) in [5.74, 6) is -0.249. The fourth-order valence-electron chi connectivity index (χ4n) is 1.71. The van der Waals surface area contributed by atoms with Crippen molar-refractivity contribution in [1.82, 2.24) is 5.32 Å². The molecule has 0 heterocycles. The molecule has 4 heteroatoms. The Bertz CT molecular complexity index is 440. The molecule has 1 aromatic rings. The van der Waals surface area contributed by atoms with Crippen molar-refractivity contribution in [2.24, 2.45) is 0 Å². The zero-order chi connectivity index (χ0) is 14.6. The lowest BCUT2D eigenvalue weighted by atomic mass is 10.1. The van der Waals surface area contributed by atoms with Crippen molar-refractivity contribution < 1.29 is 9.53 Å². The number of hydrogen-bond donors (Lipinski definition) is 1. The number of hydrogen-bond acceptors (Lipinski definition) is 3. The number of carbonyl (C=O) groups is 1. The standard InChI is InChI=1S/C15H22ClNO2/c1-10(12-7-6-8-13(16)9-12)17-11(2)14(18)19-15(3,4)5/h6-11,17H,1-5H3/t10-,11?/m1/s1. The monoisotopic (exact) mass is 283 g/mol. The summed E-state index contributed by atoms with van der Waals surface area (Å²) >= 11 is 5.96. The van der Waals surface area contributed by atoms with Gasteiger partial charge in [0.25, 0.3) is 0 Å². The number of rotatable bonds is 4. The van der Waals surface area contributed by atoms with E-state index in [1.165, 1.54) is 0 Å². The Morgan fingerprint density at radius 2 is 1.95 bits per heavy atom. The zero-order valence-electron chi connectivity index (χ0n) is 12.2. The first kappa shape index (κ1) is 16.0. The predicted molar refractivity (Wildman–Crippen MR) is 78.3 cm³/mol. The predicted octanol–water partition coefficient (Wildman–Crippen LogP) is 3.72. The number of halogens is 1. The van der Waals surface area contributed by atoms with E-state index in [2.05, 4.69) is 5.32 Å². The van der Waals surface area contributed by atoms with Gasteiger partial charge in [-0.1, -0.05) is 23.7 Å². The molecule has 3 nitrogen and oxygen atoms in total. The van der Waals surface area contributed by atoms with Crippen LogP contribution >= 0.6 is 11.6 Å². The van der Waals surface area contributed by atoms with Crippen molar-refractivity contribution in [2.45, 2.75) is 52.3 Å². The van der Waals surface area contributed by atoms with Gasteiger partial charge in [-0.15, -0.1) is 0 Å². The molecule has 1 aromatic carbocycles. The van der Waals surface area contributed by atoms with Crippen LogP contribution < -0.4 is 5.32 Å². The van der Waals surface area contributed by atoms with Crippen LogP contribution in [-0.2, 0) is 9.53 Å². The number of benzene rings is 1. The van der Waals surface area contributed by atoms with E-state index in [4.69, 9.17) is 16.3 Å². The lowest BCUT2D eigenvalue weighted by molar-refractivity contribution is -0.157. The van der Waals surface area contributed by atoms with E-state index < -0.39 is 5.60 Å². The molecule has 0 amide bonds. The molecule has 0 fully saturated rings. The van der Waals surface area contributed by atoms with Crippen molar-refractivity contribution in [3.05, 3.63) is 34.9 Å². The molecule has 2 atom stereocenters. The van der Waals surface area contributed by atoms with Crippen molar-refractivity contribution in [3.8, 4) is 0 Å². The Morgan fingerprint density at radius 1 is 1.32 bits per heavy atom. The summed E-state index contributed by atoms with van der Waals surface area (Å²) in [6.45, 7) is 9.37. The van der Waals surface area contributed by atoms with Gasteiger partial charge in [0.2, 0.25) is 0 Å². The second-order valence-corrected chi connectivity index (χ2v) is 6.13. The molecule has 0 saturated heterocycles. The molecular formula is C15H22ClNO2. The van der Waals surface area contributed by atoms with Gasteiger partial charge in [-0.05, 0) is 52.3 Å². The summed E-state index contributed by atoms with van der Waals surface area (Å²) in [4.78, 5) is 11.9. The average Bonchev–Trinajstić information content (AvgIpc) is 2.26. The minimum atomic E-state index is -0.466. The normalized spacial score (nSPS) is 14.8. The van der Waals surface area contributed by atoms with Crippen LogP contribution in [0.5, 0.6) is 0 Å². The maximum absolute atomic E-state index is 11.9. The van der Waals surface area contributed by atoms with Gasteiger partial charge in [0.1, 0.15) is 11.6 Å². The second-order valence-electron chi connectivity index (χ2n) is 5.70. The first-order chi connectivity index (χ1) is 8.69. The molecule has 1 unspecified atom stereocenters. The average molecular weight is 284 g/mol. The minimum Gasteiger partial charge on any atom is -0.459 e. The van der Waals surface area contributed by atoms with E-state index in [1.54, 1.807) is 6.92 Å². The molecule has 0 aromatic heterocycles. The van der Waals surface area contributed by atoms with Gasteiger partial charge in [0.15, 0.2) is 0 Å². The summed E-state index contributed by atoms with van der Waals surface area (Å²) < 4.78 is 5.33. The van der Waals surface area contributed by atoms with Gasteiger partial charge in [0.05, 0.1) is 0 Å². The molecule has 1 N–H and O–H groups in total. The van der Waals surface area contributed by atoms with Crippen molar-refractivity contribution in [3.63, 3.8) is 0 Å². The highest BCUT2D eigenvalue weighted by Gasteiger charge is 2.23. The molecule has 19 heavy (non-hydrogen) atoms. The quantitative estimate of drug-likeness (QED) is 0.856. The molecule has 0 aliphatic rings. The Morgan fingerprint density at radius 3 is 2.47 bits per heavy atom. The van der Waals surface area contributed by atoms with Gasteiger partial charge in [-0.3, -0.25) is 10.1 Å².